The van der Waals surface area contributed by atoms with E-state index in [0.717, 1.165) is 4.57 Å². The van der Waals surface area contributed by atoms with Crippen molar-refractivity contribution in [2.45, 2.75) is 6.92 Å². The maximum Gasteiger partial charge on any atom is 0.340 e. The Bertz CT molecular complexity index is 970. The third-order valence-electron chi connectivity index (χ3n) is 3.65. The summed E-state index contributed by atoms with van der Waals surface area (Å²) in [4.78, 5) is 23.8. The summed E-state index contributed by atoms with van der Waals surface area (Å²) in [5.74, 6) is -0.723. The van der Waals surface area contributed by atoms with Gasteiger partial charge in [-0.2, -0.15) is 0 Å². The number of ether oxygens (including phenoxy) is 1. The summed E-state index contributed by atoms with van der Waals surface area (Å²) in [5.41, 5.74) is 0.339. The molecular formula is C18H16N2O5. The largest absolute Gasteiger partial charge is 0.494 e. The Morgan fingerprint density at radius 3 is 2.48 bits per heavy atom. The fraction of sp³-hybridized carbons (Fsp3) is 0.111. The minimum Gasteiger partial charge on any atom is -0.494 e. The average molecular weight is 340 g/mol. The van der Waals surface area contributed by atoms with Crippen molar-refractivity contribution in [2.75, 3.05) is 6.61 Å². The smallest absolute Gasteiger partial charge is 0.340 e. The number of carboxylic acids is 1. The number of aromatic carboxylic acids is 1. The van der Waals surface area contributed by atoms with Crippen molar-refractivity contribution in [2.24, 2.45) is 0 Å². The summed E-state index contributed by atoms with van der Waals surface area (Å²) in [7, 11) is 0. The molecule has 1 heterocycles. The van der Waals surface area contributed by atoms with Crippen molar-refractivity contribution >= 4 is 5.97 Å². The molecule has 2 N–H and O–H groups in total. The number of hydrogen-bond donors (Lipinski definition) is 2. The van der Waals surface area contributed by atoms with Crippen LogP contribution < -0.4 is 10.4 Å². The molecule has 0 aliphatic carbocycles. The molecule has 2 aromatic carbocycles. The predicted octanol–water partition coefficient (Wildman–Crippen LogP) is 2.43. The van der Waals surface area contributed by atoms with Gasteiger partial charge in [0.15, 0.2) is 0 Å². The Morgan fingerprint density at radius 2 is 1.84 bits per heavy atom. The second-order valence-corrected chi connectivity index (χ2v) is 5.26. The van der Waals surface area contributed by atoms with Gasteiger partial charge in [-0.3, -0.25) is 4.57 Å². The molecule has 0 amide bonds. The Morgan fingerprint density at radius 1 is 1.12 bits per heavy atom. The molecule has 3 aromatic rings. The Kier molecular flexibility index (Phi) is 4.30. The first kappa shape index (κ1) is 16.4. The number of aromatic hydroxyl groups is 1. The van der Waals surface area contributed by atoms with Crippen molar-refractivity contribution in [3.63, 3.8) is 0 Å². The van der Waals surface area contributed by atoms with E-state index in [2.05, 4.69) is 0 Å². The van der Waals surface area contributed by atoms with Crippen LogP contribution in [-0.2, 0) is 0 Å². The van der Waals surface area contributed by atoms with Gasteiger partial charge in [0, 0.05) is 0 Å². The molecule has 0 aliphatic heterocycles. The van der Waals surface area contributed by atoms with E-state index in [4.69, 9.17) is 9.84 Å². The molecule has 0 radical (unpaired) electrons. The highest BCUT2D eigenvalue weighted by molar-refractivity contribution is 5.88. The van der Waals surface area contributed by atoms with Gasteiger partial charge in [-0.25, -0.2) is 14.2 Å². The van der Waals surface area contributed by atoms with Crippen LogP contribution in [-0.4, -0.2) is 31.9 Å². The van der Waals surface area contributed by atoms with E-state index in [9.17, 15) is 14.7 Å². The summed E-state index contributed by atoms with van der Waals surface area (Å²) in [6, 6.07) is 12.7. The van der Waals surface area contributed by atoms with Crippen molar-refractivity contribution in [1.29, 1.82) is 0 Å². The molecule has 0 bridgehead atoms. The third-order valence-corrected chi connectivity index (χ3v) is 3.65. The molecular weight excluding hydrogens is 324 g/mol. The van der Waals surface area contributed by atoms with E-state index in [0.29, 0.717) is 18.0 Å². The minimum absolute atomic E-state index is 0.0256. The molecule has 3 rings (SSSR count). The van der Waals surface area contributed by atoms with E-state index >= 15 is 0 Å². The first-order chi connectivity index (χ1) is 12.0. The van der Waals surface area contributed by atoms with Crippen LogP contribution in [0.1, 0.15) is 17.3 Å². The van der Waals surface area contributed by atoms with Gasteiger partial charge in [0.1, 0.15) is 5.75 Å². The SMILES string of the molecule is CCOc1ccc(-n2cc(O)n(-c3cccc(C(=O)O)c3)c2=O)cc1. The molecule has 128 valence electrons. The second-order valence-electron chi connectivity index (χ2n) is 5.26. The van der Waals surface area contributed by atoms with Crippen molar-refractivity contribution in [3.8, 4) is 23.0 Å². The van der Waals surface area contributed by atoms with Crippen LogP contribution in [0.25, 0.3) is 11.4 Å². The number of carbonyl (C=O) groups is 1. The number of hydrogen-bond acceptors (Lipinski definition) is 4. The molecule has 7 heteroatoms. The quantitative estimate of drug-likeness (QED) is 0.744. The molecule has 0 atom stereocenters. The fourth-order valence-electron chi connectivity index (χ4n) is 2.51. The van der Waals surface area contributed by atoms with Crippen LogP contribution in [0.2, 0.25) is 0 Å². The molecule has 7 nitrogen and oxygen atoms in total. The first-order valence-corrected chi connectivity index (χ1v) is 7.61. The summed E-state index contributed by atoms with van der Waals surface area (Å²) < 4.78 is 7.68. The Balaban J connectivity index is 2.06. The van der Waals surface area contributed by atoms with Gasteiger partial charge in [0.25, 0.3) is 0 Å². The molecule has 0 saturated heterocycles. The highest BCUT2D eigenvalue weighted by Crippen LogP contribution is 2.20. The maximum absolute atomic E-state index is 12.7. The highest BCUT2D eigenvalue weighted by Gasteiger charge is 2.15. The summed E-state index contributed by atoms with van der Waals surface area (Å²) in [5, 5.41) is 19.2. The summed E-state index contributed by atoms with van der Waals surface area (Å²) >= 11 is 0. The zero-order valence-corrected chi connectivity index (χ0v) is 13.4. The predicted molar refractivity (Wildman–Crippen MR) is 91.2 cm³/mol. The van der Waals surface area contributed by atoms with Gasteiger partial charge in [0.05, 0.1) is 29.7 Å². The van der Waals surface area contributed by atoms with E-state index < -0.39 is 11.7 Å². The topological polar surface area (TPSA) is 93.7 Å². The third kappa shape index (κ3) is 3.12. The van der Waals surface area contributed by atoms with E-state index in [1.54, 1.807) is 30.3 Å². The second kappa shape index (κ2) is 6.56. The molecule has 0 saturated carbocycles. The maximum atomic E-state index is 12.7. The van der Waals surface area contributed by atoms with E-state index in [1.165, 1.54) is 29.0 Å². The lowest BCUT2D eigenvalue weighted by Gasteiger charge is -2.05. The van der Waals surface area contributed by atoms with Crippen LogP contribution in [0.15, 0.2) is 59.5 Å². The number of carboxylic acid groups (broad SMARTS) is 1. The lowest BCUT2D eigenvalue weighted by molar-refractivity contribution is 0.0697. The van der Waals surface area contributed by atoms with E-state index in [1.807, 2.05) is 6.92 Å². The Labute approximate surface area is 143 Å². The van der Waals surface area contributed by atoms with Crippen LogP contribution in [0.4, 0.5) is 0 Å². The fourth-order valence-corrected chi connectivity index (χ4v) is 2.51. The standard InChI is InChI=1S/C18H16N2O5/c1-2-25-15-8-6-13(7-9-15)19-11-16(21)20(18(19)24)14-5-3-4-12(10-14)17(22)23/h3-11,21H,2H2,1H3,(H,22,23). The van der Waals surface area contributed by atoms with E-state index in [-0.39, 0.29) is 17.1 Å². The average Bonchev–Trinajstić information content (AvgIpc) is 2.90. The van der Waals surface area contributed by atoms with Crippen LogP contribution in [0.5, 0.6) is 11.6 Å². The number of benzene rings is 2. The van der Waals surface area contributed by atoms with Gasteiger partial charge in [-0.05, 0) is 49.4 Å². The molecule has 0 spiro atoms. The number of rotatable bonds is 5. The molecule has 1 aromatic heterocycles. The Hall–Kier alpha value is -3.48. The first-order valence-electron chi connectivity index (χ1n) is 7.61. The van der Waals surface area contributed by atoms with Gasteiger partial charge in [-0.1, -0.05) is 6.07 Å². The molecule has 0 aliphatic rings. The lowest BCUT2D eigenvalue weighted by Crippen LogP contribution is -2.22. The highest BCUT2D eigenvalue weighted by atomic mass is 16.5. The van der Waals surface area contributed by atoms with Crippen LogP contribution >= 0.6 is 0 Å². The monoisotopic (exact) mass is 340 g/mol. The van der Waals surface area contributed by atoms with Crippen molar-refractivity contribution < 1.29 is 19.7 Å². The number of nitrogens with zero attached hydrogens (tertiary/aromatic N) is 2. The molecule has 0 fully saturated rings. The minimum atomic E-state index is -1.11. The van der Waals surface area contributed by atoms with Gasteiger partial charge in [0.2, 0.25) is 5.88 Å². The summed E-state index contributed by atoms with van der Waals surface area (Å²) in [6.45, 7) is 2.41. The molecule has 0 unspecified atom stereocenters. The van der Waals surface area contributed by atoms with Crippen molar-refractivity contribution in [1.82, 2.24) is 9.13 Å². The van der Waals surface area contributed by atoms with Crippen molar-refractivity contribution in [3.05, 3.63) is 70.8 Å². The van der Waals surface area contributed by atoms with Crippen LogP contribution in [0, 0.1) is 0 Å². The normalized spacial score (nSPS) is 10.6. The van der Waals surface area contributed by atoms with Gasteiger partial charge in [-0.15, -0.1) is 0 Å². The lowest BCUT2D eigenvalue weighted by atomic mass is 10.2. The van der Waals surface area contributed by atoms with Gasteiger partial charge >= 0.3 is 11.7 Å². The molecule has 25 heavy (non-hydrogen) atoms. The van der Waals surface area contributed by atoms with Crippen LogP contribution in [0.3, 0.4) is 0 Å². The number of aromatic nitrogens is 2. The zero-order chi connectivity index (χ0) is 18.0. The number of imidazole rings is 1. The summed E-state index contributed by atoms with van der Waals surface area (Å²) in [6.07, 6.45) is 1.28. The zero-order valence-electron chi connectivity index (χ0n) is 13.4. The van der Waals surface area contributed by atoms with Gasteiger partial charge < -0.3 is 14.9 Å².